The van der Waals surface area contributed by atoms with Crippen LogP contribution in [0.5, 0.6) is 0 Å². The number of amides is 1. The fourth-order valence-electron chi connectivity index (χ4n) is 5.00. The van der Waals surface area contributed by atoms with E-state index in [1.807, 2.05) is 0 Å². The second-order valence-corrected chi connectivity index (χ2v) is 8.67. The Bertz CT molecular complexity index is 1350. The van der Waals surface area contributed by atoms with Gasteiger partial charge < -0.3 is 14.4 Å². The van der Waals surface area contributed by atoms with Gasteiger partial charge in [0, 0.05) is 16.8 Å². The van der Waals surface area contributed by atoms with E-state index in [2.05, 4.69) is 15.1 Å². The van der Waals surface area contributed by atoms with Crippen LogP contribution in [0.4, 0.5) is 14.5 Å². The molecular formula is C24H20F2N4O2. The van der Waals surface area contributed by atoms with Gasteiger partial charge in [0.05, 0.1) is 35.0 Å². The van der Waals surface area contributed by atoms with Crippen LogP contribution in [-0.4, -0.2) is 21.0 Å². The summed E-state index contributed by atoms with van der Waals surface area (Å²) in [4.78, 5) is 21.8. The Morgan fingerprint density at radius 1 is 1.12 bits per heavy atom. The topological polar surface area (TPSA) is 75.0 Å². The standard InChI is InChI=1S/C24H20F2N4O2/c1-11-20(12(2)32-29-11)14-7-16(25)22(17(26)8-14)23-21(13-3-4-13)24(31)30(23)15-5-6-18-19(9-15)28-10-27-18/h5-10,13,21,23H,3-4H2,1-2H3,(H,27,28)/t21?,23-/m1/s1. The molecule has 2 aliphatic rings. The van der Waals surface area contributed by atoms with E-state index in [-0.39, 0.29) is 17.4 Å². The van der Waals surface area contributed by atoms with Crippen molar-refractivity contribution in [2.75, 3.05) is 4.90 Å². The van der Waals surface area contributed by atoms with Crippen LogP contribution in [-0.2, 0) is 4.79 Å². The third kappa shape index (κ3) is 2.71. The van der Waals surface area contributed by atoms with E-state index in [9.17, 15) is 4.79 Å². The summed E-state index contributed by atoms with van der Waals surface area (Å²) in [5.74, 6) is -1.18. The fourth-order valence-corrected chi connectivity index (χ4v) is 5.00. The number of nitrogens with one attached hydrogen (secondary N) is 1. The van der Waals surface area contributed by atoms with E-state index in [1.165, 1.54) is 17.0 Å². The van der Waals surface area contributed by atoms with Gasteiger partial charge >= 0.3 is 0 Å². The summed E-state index contributed by atoms with van der Waals surface area (Å²) in [6.45, 7) is 3.44. The number of rotatable bonds is 4. The van der Waals surface area contributed by atoms with Crippen molar-refractivity contribution in [2.24, 2.45) is 11.8 Å². The number of halogens is 2. The van der Waals surface area contributed by atoms with Crippen LogP contribution in [0.1, 0.15) is 35.9 Å². The number of fused-ring (bicyclic) bond motifs is 1. The van der Waals surface area contributed by atoms with Crippen LogP contribution < -0.4 is 4.90 Å². The zero-order valence-corrected chi connectivity index (χ0v) is 17.5. The molecule has 0 radical (unpaired) electrons. The minimum atomic E-state index is -0.686. The zero-order chi connectivity index (χ0) is 22.1. The van der Waals surface area contributed by atoms with Crippen molar-refractivity contribution in [1.82, 2.24) is 15.1 Å². The normalized spacial score (nSPS) is 20.8. The third-order valence-electron chi connectivity index (χ3n) is 6.65. The van der Waals surface area contributed by atoms with Crippen LogP contribution in [0.25, 0.3) is 22.2 Å². The predicted molar refractivity (Wildman–Crippen MR) is 114 cm³/mol. The molecule has 0 bridgehead atoms. The number of benzene rings is 2. The lowest BCUT2D eigenvalue weighted by Gasteiger charge is -2.48. The minimum Gasteiger partial charge on any atom is -0.361 e. The molecule has 8 heteroatoms. The number of aromatic amines is 1. The molecule has 2 atom stereocenters. The van der Waals surface area contributed by atoms with Crippen LogP contribution in [0.15, 0.2) is 41.2 Å². The van der Waals surface area contributed by atoms with E-state index < -0.39 is 23.6 Å². The Balaban J connectivity index is 1.46. The van der Waals surface area contributed by atoms with E-state index in [0.29, 0.717) is 28.3 Å². The molecule has 0 spiro atoms. The first kappa shape index (κ1) is 19.2. The number of carbonyl (C=O) groups excluding carboxylic acids is 1. The summed E-state index contributed by atoms with van der Waals surface area (Å²) in [5.41, 5.74) is 3.58. The molecule has 1 aliphatic carbocycles. The highest BCUT2D eigenvalue weighted by molar-refractivity contribution is 6.04. The molecule has 3 heterocycles. The molecule has 2 fully saturated rings. The minimum absolute atomic E-state index is 0.0679. The Hall–Kier alpha value is -3.55. The van der Waals surface area contributed by atoms with Crippen molar-refractivity contribution in [3.05, 3.63) is 65.3 Å². The van der Waals surface area contributed by atoms with Crippen molar-refractivity contribution < 1.29 is 18.1 Å². The summed E-state index contributed by atoms with van der Waals surface area (Å²) in [5, 5.41) is 3.88. The summed E-state index contributed by atoms with van der Waals surface area (Å²) in [6.07, 6.45) is 3.38. The number of imidazole rings is 1. The number of anilines is 1. The van der Waals surface area contributed by atoms with E-state index in [1.54, 1.807) is 38.4 Å². The Labute approximate surface area is 182 Å². The average molecular weight is 434 g/mol. The highest BCUT2D eigenvalue weighted by Crippen LogP contribution is 2.55. The summed E-state index contributed by atoms with van der Waals surface area (Å²) in [7, 11) is 0. The number of aryl methyl sites for hydroxylation is 2. The second kappa shape index (κ2) is 6.72. The summed E-state index contributed by atoms with van der Waals surface area (Å²) >= 11 is 0. The number of β-lactam (4-membered cyclic amide) rings is 1. The lowest BCUT2D eigenvalue weighted by atomic mass is 9.77. The largest absolute Gasteiger partial charge is 0.361 e. The average Bonchev–Trinajstić information content (AvgIpc) is 3.34. The van der Waals surface area contributed by atoms with Crippen LogP contribution in [0.2, 0.25) is 0 Å². The van der Waals surface area contributed by atoms with Crippen molar-refractivity contribution in [3.8, 4) is 11.1 Å². The van der Waals surface area contributed by atoms with Crippen molar-refractivity contribution in [2.45, 2.75) is 32.7 Å². The van der Waals surface area contributed by atoms with Gasteiger partial charge in [0.25, 0.3) is 0 Å². The number of hydrogen-bond acceptors (Lipinski definition) is 4. The number of carbonyl (C=O) groups is 1. The first-order valence-corrected chi connectivity index (χ1v) is 10.6. The van der Waals surface area contributed by atoms with Gasteiger partial charge in [-0.3, -0.25) is 4.79 Å². The Morgan fingerprint density at radius 3 is 2.53 bits per heavy atom. The molecule has 4 aromatic rings. The summed E-state index contributed by atoms with van der Waals surface area (Å²) in [6, 6.07) is 7.30. The number of nitrogens with zero attached hydrogens (tertiary/aromatic N) is 3. The maximum Gasteiger partial charge on any atom is 0.233 e. The van der Waals surface area contributed by atoms with Crippen LogP contribution in [0.3, 0.4) is 0 Å². The monoisotopic (exact) mass is 434 g/mol. The smallest absolute Gasteiger partial charge is 0.233 e. The van der Waals surface area contributed by atoms with Gasteiger partial charge in [0.2, 0.25) is 5.91 Å². The van der Waals surface area contributed by atoms with Crippen LogP contribution >= 0.6 is 0 Å². The van der Waals surface area contributed by atoms with Crippen molar-refractivity contribution >= 4 is 22.6 Å². The highest BCUT2D eigenvalue weighted by atomic mass is 19.1. The Kier molecular flexibility index (Phi) is 4.02. The second-order valence-electron chi connectivity index (χ2n) is 8.67. The molecule has 2 aromatic carbocycles. The van der Waals surface area contributed by atoms with Crippen molar-refractivity contribution in [3.63, 3.8) is 0 Å². The van der Waals surface area contributed by atoms with Gasteiger partial charge in [-0.05, 0) is 68.5 Å². The maximum atomic E-state index is 15.5. The molecule has 2 aromatic heterocycles. The third-order valence-corrected chi connectivity index (χ3v) is 6.65. The van der Waals surface area contributed by atoms with E-state index >= 15 is 8.78 Å². The van der Waals surface area contributed by atoms with Gasteiger partial charge in [-0.25, -0.2) is 13.8 Å². The van der Waals surface area contributed by atoms with Gasteiger partial charge in [0.1, 0.15) is 17.4 Å². The van der Waals surface area contributed by atoms with E-state index in [4.69, 9.17) is 4.52 Å². The van der Waals surface area contributed by atoms with Gasteiger partial charge in [-0.15, -0.1) is 0 Å². The molecule has 1 unspecified atom stereocenters. The zero-order valence-electron chi connectivity index (χ0n) is 17.5. The van der Waals surface area contributed by atoms with Gasteiger partial charge in [-0.2, -0.15) is 0 Å². The van der Waals surface area contributed by atoms with Crippen molar-refractivity contribution in [1.29, 1.82) is 0 Å². The molecule has 6 nitrogen and oxygen atoms in total. The molecule has 1 saturated carbocycles. The number of H-pyrrole nitrogens is 1. The lowest BCUT2D eigenvalue weighted by molar-refractivity contribution is -0.131. The molecular weight excluding hydrogens is 414 g/mol. The molecule has 6 rings (SSSR count). The molecule has 32 heavy (non-hydrogen) atoms. The quantitative estimate of drug-likeness (QED) is 0.447. The Morgan fingerprint density at radius 2 is 1.88 bits per heavy atom. The van der Waals surface area contributed by atoms with E-state index in [0.717, 1.165) is 23.9 Å². The predicted octanol–water partition coefficient (Wildman–Crippen LogP) is 5.23. The first-order chi connectivity index (χ1) is 15.4. The molecule has 1 saturated heterocycles. The summed E-state index contributed by atoms with van der Waals surface area (Å²) < 4.78 is 36.1. The molecule has 1 amide bonds. The molecule has 1 aliphatic heterocycles. The number of aromatic nitrogens is 3. The van der Waals surface area contributed by atoms with Crippen LogP contribution in [0, 0.1) is 37.3 Å². The lowest BCUT2D eigenvalue weighted by Crippen LogP contribution is -2.56. The molecule has 1 N–H and O–H groups in total. The maximum absolute atomic E-state index is 15.5. The molecule has 162 valence electrons. The number of hydrogen-bond donors (Lipinski definition) is 1. The van der Waals surface area contributed by atoms with Gasteiger partial charge in [0.15, 0.2) is 0 Å². The fraction of sp³-hybridized carbons (Fsp3) is 0.292. The highest BCUT2D eigenvalue weighted by Gasteiger charge is 2.56. The SMILES string of the molecule is Cc1noc(C)c1-c1cc(F)c([C@H]2C(C3CC3)C(=O)N2c2ccc3nc[nH]c3c2)c(F)c1. The first-order valence-electron chi connectivity index (χ1n) is 10.6. The van der Waals surface area contributed by atoms with Gasteiger partial charge in [-0.1, -0.05) is 5.16 Å².